The summed E-state index contributed by atoms with van der Waals surface area (Å²) in [5.41, 5.74) is 0.467. The highest BCUT2D eigenvalue weighted by Gasteiger charge is 2.12. The van der Waals surface area contributed by atoms with Crippen LogP contribution >= 0.6 is 0 Å². The molecule has 1 aromatic rings. The minimum absolute atomic E-state index is 0.154. The summed E-state index contributed by atoms with van der Waals surface area (Å²) >= 11 is 0. The average Bonchev–Trinajstić information content (AvgIpc) is 2.36. The van der Waals surface area contributed by atoms with Gasteiger partial charge in [-0.2, -0.15) is 0 Å². The van der Waals surface area contributed by atoms with E-state index in [4.69, 9.17) is 5.11 Å². The van der Waals surface area contributed by atoms with Crippen LogP contribution in [0.25, 0.3) is 0 Å². The molecular formula is C13H16N2O4. The molecule has 0 saturated heterocycles. The highest BCUT2D eigenvalue weighted by Crippen LogP contribution is 1.97. The molecule has 0 radical (unpaired) electrons. The van der Waals surface area contributed by atoms with E-state index in [9.17, 15) is 14.4 Å². The molecule has 0 saturated carbocycles. The number of carbonyl (C=O) groups excluding carboxylic acids is 2. The van der Waals surface area contributed by atoms with E-state index in [1.165, 1.54) is 0 Å². The zero-order valence-corrected chi connectivity index (χ0v) is 10.6. The van der Waals surface area contributed by atoms with Crippen LogP contribution in [0.3, 0.4) is 0 Å². The first-order valence-corrected chi connectivity index (χ1v) is 5.83. The van der Waals surface area contributed by atoms with Gasteiger partial charge in [-0.1, -0.05) is 18.2 Å². The normalized spacial score (nSPS) is 11.4. The maximum absolute atomic E-state index is 11.6. The molecule has 0 heterocycles. The van der Waals surface area contributed by atoms with E-state index >= 15 is 0 Å². The van der Waals surface area contributed by atoms with E-state index in [2.05, 4.69) is 10.6 Å². The quantitative estimate of drug-likeness (QED) is 0.693. The van der Waals surface area contributed by atoms with Crippen LogP contribution in [0, 0.1) is 0 Å². The molecule has 1 rings (SSSR count). The smallest absolute Gasteiger partial charge is 0.305 e. The predicted molar refractivity (Wildman–Crippen MR) is 68.6 cm³/mol. The van der Waals surface area contributed by atoms with E-state index in [-0.39, 0.29) is 18.9 Å². The Balaban J connectivity index is 2.34. The Kier molecular flexibility index (Phi) is 5.53. The molecule has 6 heteroatoms. The van der Waals surface area contributed by atoms with Crippen molar-refractivity contribution in [2.45, 2.75) is 19.4 Å². The Bertz CT molecular complexity index is 459. The van der Waals surface area contributed by atoms with Gasteiger partial charge >= 0.3 is 5.97 Å². The molecule has 0 bridgehead atoms. The number of hydrogen-bond donors (Lipinski definition) is 3. The molecule has 0 aromatic heterocycles. The SMILES string of the molecule is CC(CC(=O)O)NC(=O)CNC(=O)c1ccccc1. The van der Waals surface area contributed by atoms with Crippen molar-refractivity contribution in [2.75, 3.05) is 6.54 Å². The number of carboxylic acids is 1. The lowest BCUT2D eigenvalue weighted by atomic mass is 10.2. The zero-order valence-electron chi connectivity index (χ0n) is 10.6. The minimum atomic E-state index is -0.985. The first-order chi connectivity index (χ1) is 8.99. The fourth-order valence-corrected chi connectivity index (χ4v) is 1.49. The fraction of sp³-hybridized carbons (Fsp3) is 0.308. The largest absolute Gasteiger partial charge is 0.481 e. The van der Waals surface area contributed by atoms with Crippen molar-refractivity contribution >= 4 is 17.8 Å². The fourth-order valence-electron chi connectivity index (χ4n) is 1.49. The lowest BCUT2D eigenvalue weighted by molar-refractivity contribution is -0.137. The summed E-state index contributed by atoms with van der Waals surface area (Å²) in [6.07, 6.45) is -0.154. The van der Waals surface area contributed by atoms with Crippen LogP contribution in [0.1, 0.15) is 23.7 Å². The highest BCUT2D eigenvalue weighted by atomic mass is 16.4. The van der Waals surface area contributed by atoms with Gasteiger partial charge in [-0.15, -0.1) is 0 Å². The number of carboxylic acid groups (broad SMARTS) is 1. The molecule has 1 aromatic carbocycles. The van der Waals surface area contributed by atoms with Crippen molar-refractivity contribution in [2.24, 2.45) is 0 Å². The summed E-state index contributed by atoms with van der Waals surface area (Å²) in [5, 5.41) is 13.5. The van der Waals surface area contributed by atoms with Crippen molar-refractivity contribution in [3.05, 3.63) is 35.9 Å². The van der Waals surface area contributed by atoms with Gasteiger partial charge in [0, 0.05) is 11.6 Å². The molecule has 0 aliphatic heterocycles. The second-order valence-electron chi connectivity index (χ2n) is 4.12. The molecule has 102 valence electrons. The summed E-state index contributed by atoms with van der Waals surface area (Å²) in [5.74, 6) is -1.75. The van der Waals surface area contributed by atoms with Gasteiger partial charge in [0.15, 0.2) is 0 Å². The van der Waals surface area contributed by atoms with Gasteiger partial charge in [0.1, 0.15) is 0 Å². The van der Waals surface area contributed by atoms with Crippen molar-refractivity contribution in [3.8, 4) is 0 Å². The molecule has 0 spiro atoms. The zero-order chi connectivity index (χ0) is 14.3. The minimum Gasteiger partial charge on any atom is -0.481 e. The number of benzene rings is 1. The lowest BCUT2D eigenvalue weighted by Gasteiger charge is -2.12. The first-order valence-electron chi connectivity index (χ1n) is 5.83. The van der Waals surface area contributed by atoms with Gasteiger partial charge in [-0.05, 0) is 19.1 Å². The van der Waals surface area contributed by atoms with Gasteiger partial charge in [0.05, 0.1) is 13.0 Å². The van der Waals surface area contributed by atoms with E-state index in [0.29, 0.717) is 5.56 Å². The van der Waals surface area contributed by atoms with Crippen LogP contribution in [-0.4, -0.2) is 35.5 Å². The number of rotatable bonds is 6. The summed E-state index contributed by atoms with van der Waals surface area (Å²) in [4.78, 5) is 33.5. The topological polar surface area (TPSA) is 95.5 Å². The number of amides is 2. The van der Waals surface area contributed by atoms with E-state index in [1.807, 2.05) is 0 Å². The van der Waals surface area contributed by atoms with E-state index in [0.717, 1.165) is 0 Å². The summed E-state index contributed by atoms with van der Waals surface area (Å²) in [6, 6.07) is 8.05. The summed E-state index contributed by atoms with van der Waals surface area (Å²) < 4.78 is 0. The van der Waals surface area contributed by atoms with Gasteiger partial charge < -0.3 is 15.7 Å². The first kappa shape index (κ1) is 14.7. The standard InChI is InChI=1S/C13H16N2O4/c1-9(7-12(17)18)15-11(16)8-14-13(19)10-5-3-2-4-6-10/h2-6,9H,7-8H2,1H3,(H,14,19)(H,15,16)(H,17,18). The molecule has 1 unspecified atom stereocenters. The van der Waals surface area contributed by atoms with Crippen LogP contribution in [-0.2, 0) is 9.59 Å². The Morgan fingerprint density at radius 1 is 1.21 bits per heavy atom. The molecule has 0 aliphatic carbocycles. The lowest BCUT2D eigenvalue weighted by Crippen LogP contribution is -2.41. The third kappa shape index (κ3) is 5.67. The van der Waals surface area contributed by atoms with Crippen molar-refractivity contribution in [1.29, 1.82) is 0 Å². The highest BCUT2D eigenvalue weighted by molar-refractivity contribution is 5.96. The third-order valence-corrected chi connectivity index (χ3v) is 2.33. The molecule has 6 nitrogen and oxygen atoms in total. The number of hydrogen-bond acceptors (Lipinski definition) is 3. The summed E-state index contributed by atoms with van der Waals surface area (Å²) in [7, 11) is 0. The monoisotopic (exact) mass is 264 g/mol. The molecule has 0 aliphatic rings. The van der Waals surface area contributed by atoms with Gasteiger partial charge in [-0.3, -0.25) is 14.4 Å². The third-order valence-electron chi connectivity index (χ3n) is 2.33. The second-order valence-corrected chi connectivity index (χ2v) is 4.12. The molecule has 0 fully saturated rings. The Hall–Kier alpha value is -2.37. The Morgan fingerprint density at radius 3 is 2.42 bits per heavy atom. The molecule has 1 atom stereocenters. The van der Waals surface area contributed by atoms with Crippen LogP contribution in [0.15, 0.2) is 30.3 Å². The van der Waals surface area contributed by atoms with E-state index in [1.54, 1.807) is 37.3 Å². The molecular weight excluding hydrogens is 248 g/mol. The number of carbonyl (C=O) groups is 3. The molecule has 3 N–H and O–H groups in total. The predicted octanol–water partition coefficient (Wildman–Crippen LogP) is 0.396. The Labute approximate surface area is 110 Å². The average molecular weight is 264 g/mol. The van der Waals surface area contributed by atoms with Crippen LogP contribution in [0.4, 0.5) is 0 Å². The van der Waals surface area contributed by atoms with Gasteiger partial charge in [0.2, 0.25) is 5.91 Å². The van der Waals surface area contributed by atoms with Crippen LogP contribution < -0.4 is 10.6 Å². The van der Waals surface area contributed by atoms with Crippen molar-refractivity contribution < 1.29 is 19.5 Å². The number of aliphatic carboxylic acids is 1. The van der Waals surface area contributed by atoms with Crippen LogP contribution in [0.5, 0.6) is 0 Å². The molecule has 2 amide bonds. The Morgan fingerprint density at radius 2 is 1.84 bits per heavy atom. The van der Waals surface area contributed by atoms with Gasteiger partial charge in [-0.25, -0.2) is 0 Å². The maximum Gasteiger partial charge on any atom is 0.305 e. The summed E-state index contributed by atoms with van der Waals surface area (Å²) in [6.45, 7) is 1.41. The molecule has 19 heavy (non-hydrogen) atoms. The van der Waals surface area contributed by atoms with Crippen molar-refractivity contribution in [1.82, 2.24) is 10.6 Å². The number of nitrogens with one attached hydrogen (secondary N) is 2. The van der Waals surface area contributed by atoms with Gasteiger partial charge in [0.25, 0.3) is 5.91 Å². The maximum atomic E-state index is 11.6. The van der Waals surface area contributed by atoms with E-state index < -0.39 is 17.9 Å². The second kappa shape index (κ2) is 7.15. The van der Waals surface area contributed by atoms with Crippen molar-refractivity contribution in [3.63, 3.8) is 0 Å². The van der Waals surface area contributed by atoms with Crippen LogP contribution in [0.2, 0.25) is 0 Å².